The van der Waals surface area contributed by atoms with Crippen molar-refractivity contribution >= 4 is 29.4 Å². The molecule has 0 saturated carbocycles. The van der Waals surface area contributed by atoms with E-state index < -0.39 is 47.1 Å². The summed E-state index contributed by atoms with van der Waals surface area (Å²) in [6.07, 6.45) is 1.99. The average Bonchev–Trinajstić information content (AvgIpc) is 2.98. The Morgan fingerprint density at radius 3 is 2.24 bits per heavy atom. The van der Waals surface area contributed by atoms with Gasteiger partial charge in [-0.15, -0.1) is 0 Å². The van der Waals surface area contributed by atoms with Gasteiger partial charge in [-0.1, -0.05) is 60.4 Å². The standard InChI is InChI=1S/C31H23F2N5O4/c1-31(29(40)36-25-17-35-26(18-34-25)42-19-21-10-6-3-7-11-21)16-27(39)38(30(41)37-31)28-23(32)14-22(15-24(28)33)13-12-20-8-4-2-5-9-20/h2-11,14-15,17-18H,16,19H2,1H3,(H,37,41)(H,34,36,40)/t31-/m0/s1. The fourth-order valence-corrected chi connectivity index (χ4v) is 4.15. The maximum atomic E-state index is 15.0. The fourth-order valence-electron chi connectivity index (χ4n) is 4.15. The molecule has 4 amide bonds. The normalized spacial score (nSPS) is 16.2. The van der Waals surface area contributed by atoms with E-state index in [-0.39, 0.29) is 23.9 Å². The van der Waals surface area contributed by atoms with E-state index in [1.165, 1.54) is 19.3 Å². The maximum Gasteiger partial charge on any atom is 0.329 e. The number of carbonyl (C=O) groups is 3. The van der Waals surface area contributed by atoms with Gasteiger partial charge in [0.25, 0.3) is 5.91 Å². The fraction of sp³-hybridized carbons (Fsp3) is 0.129. The quantitative estimate of drug-likeness (QED) is 0.330. The predicted octanol–water partition coefficient (Wildman–Crippen LogP) is 4.58. The molecule has 1 saturated heterocycles. The molecule has 0 aliphatic carbocycles. The second-order valence-corrected chi connectivity index (χ2v) is 9.54. The Morgan fingerprint density at radius 2 is 1.62 bits per heavy atom. The number of carbonyl (C=O) groups excluding carboxylic acids is 3. The molecule has 5 rings (SSSR count). The summed E-state index contributed by atoms with van der Waals surface area (Å²) in [5.41, 5.74) is -0.998. The first-order valence-corrected chi connectivity index (χ1v) is 12.7. The van der Waals surface area contributed by atoms with Gasteiger partial charge in [0.2, 0.25) is 11.8 Å². The molecule has 1 fully saturated rings. The van der Waals surface area contributed by atoms with Crippen LogP contribution in [0.15, 0.2) is 85.2 Å². The van der Waals surface area contributed by atoms with Crippen molar-refractivity contribution in [2.45, 2.75) is 25.5 Å². The number of benzene rings is 3. The minimum atomic E-state index is -1.73. The van der Waals surface area contributed by atoms with Crippen molar-refractivity contribution in [1.29, 1.82) is 0 Å². The van der Waals surface area contributed by atoms with E-state index in [1.54, 1.807) is 24.3 Å². The van der Waals surface area contributed by atoms with Crippen LogP contribution in [-0.4, -0.2) is 33.4 Å². The lowest BCUT2D eigenvalue weighted by Crippen LogP contribution is -2.65. The van der Waals surface area contributed by atoms with Crippen LogP contribution in [0.5, 0.6) is 5.88 Å². The number of hydrogen-bond acceptors (Lipinski definition) is 6. The van der Waals surface area contributed by atoms with Crippen LogP contribution in [0, 0.1) is 23.5 Å². The zero-order chi connectivity index (χ0) is 29.7. The highest BCUT2D eigenvalue weighted by molar-refractivity contribution is 6.20. The Hall–Kier alpha value is -5.63. The third kappa shape index (κ3) is 6.23. The highest BCUT2D eigenvalue weighted by atomic mass is 19.1. The van der Waals surface area contributed by atoms with E-state index in [4.69, 9.17) is 4.74 Å². The van der Waals surface area contributed by atoms with Crippen LogP contribution >= 0.6 is 0 Å². The topological polar surface area (TPSA) is 114 Å². The maximum absolute atomic E-state index is 15.0. The number of nitrogens with zero attached hydrogens (tertiary/aromatic N) is 3. The highest BCUT2D eigenvalue weighted by Gasteiger charge is 2.47. The van der Waals surface area contributed by atoms with Crippen LogP contribution in [0.3, 0.4) is 0 Å². The molecule has 1 atom stereocenters. The molecule has 3 aromatic carbocycles. The Balaban J connectivity index is 1.25. The van der Waals surface area contributed by atoms with E-state index in [0.29, 0.717) is 10.5 Å². The molecule has 0 radical (unpaired) electrons. The number of amides is 4. The van der Waals surface area contributed by atoms with Gasteiger partial charge in [-0.25, -0.2) is 28.4 Å². The first kappa shape index (κ1) is 27.9. The molecule has 1 aromatic heterocycles. The van der Waals surface area contributed by atoms with Gasteiger partial charge in [0.1, 0.15) is 17.8 Å². The highest BCUT2D eigenvalue weighted by Crippen LogP contribution is 2.30. The number of ether oxygens (including phenoxy) is 1. The SMILES string of the molecule is C[C@@]1(C(=O)Nc2cnc(OCc3ccccc3)cn2)CC(=O)N(c2c(F)cc(C#Cc3ccccc3)cc2F)C(=O)N1. The van der Waals surface area contributed by atoms with Crippen molar-refractivity contribution < 1.29 is 27.9 Å². The third-order valence-corrected chi connectivity index (χ3v) is 6.31. The van der Waals surface area contributed by atoms with Gasteiger partial charge in [-0.3, -0.25) is 9.59 Å². The second-order valence-electron chi connectivity index (χ2n) is 9.54. The number of urea groups is 1. The minimum Gasteiger partial charge on any atom is -0.472 e. The summed E-state index contributed by atoms with van der Waals surface area (Å²) < 4.78 is 35.6. The summed E-state index contributed by atoms with van der Waals surface area (Å²) in [6, 6.07) is 19.0. The molecule has 1 aliphatic rings. The molecule has 1 aliphatic heterocycles. The molecule has 210 valence electrons. The average molecular weight is 568 g/mol. The number of rotatable bonds is 6. The van der Waals surface area contributed by atoms with Gasteiger partial charge in [-0.05, 0) is 36.8 Å². The minimum absolute atomic E-state index is 0.0179. The Morgan fingerprint density at radius 1 is 0.976 bits per heavy atom. The largest absolute Gasteiger partial charge is 0.472 e. The number of nitrogens with one attached hydrogen (secondary N) is 2. The van der Waals surface area contributed by atoms with Gasteiger partial charge < -0.3 is 15.4 Å². The molecular formula is C31H23F2N5O4. The van der Waals surface area contributed by atoms with Crippen molar-refractivity contribution in [3.63, 3.8) is 0 Å². The summed E-state index contributed by atoms with van der Waals surface area (Å²) in [5.74, 6) is 1.64. The van der Waals surface area contributed by atoms with Crippen molar-refractivity contribution in [1.82, 2.24) is 15.3 Å². The number of halogens is 2. The molecule has 2 heterocycles. The second kappa shape index (κ2) is 11.9. The summed E-state index contributed by atoms with van der Waals surface area (Å²) in [4.78, 5) is 47.5. The molecule has 4 aromatic rings. The van der Waals surface area contributed by atoms with Gasteiger partial charge in [0, 0.05) is 11.1 Å². The lowest BCUT2D eigenvalue weighted by atomic mass is 9.93. The molecular weight excluding hydrogens is 544 g/mol. The van der Waals surface area contributed by atoms with E-state index in [2.05, 4.69) is 32.4 Å². The van der Waals surface area contributed by atoms with Crippen LogP contribution in [0.25, 0.3) is 0 Å². The molecule has 2 N–H and O–H groups in total. The van der Waals surface area contributed by atoms with Crippen molar-refractivity contribution in [2.24, 2.45) is 0 Å². The molecule has 11 heteroatoms. The smallest absolute Gasteiger partial charge is 0.329 e. The van der Waals surface area contributed by atoms with Gasteiger partial charge >= 0.3 is 6.03 Å². The molecule has 0 bridgehead atoms. The lowest BCUT2D eigenvalue weighted by Gasteiger charge is -2.37. The number of imide groups is 1. The Bertz CT molecular complexity index is 1660. The third-order valence-electron chi connectivity index (χ3n) is 6.31. The summed E-state index contributed by atoms with van der Waals surface area (Å²) >= 11 is 0. The summed E-state index contributed by atoms with van der Waals surface area (Å²) in [5, 5.41) is 4.87. The van der Waals surface area contributed by atoms with Gasteiger partial charge in [-0.2, -0.15) is 0 Å². The van der Waals surface area contributed by atoms with Crippen molar-refractivity contribution in [3.8, 4) is 17.7 Å². The first-order valence-electron chi connectivity index (χ1n) is 12.7. The zero-order valence-electron chi connectivity index (χ0n) is 22.2. The van der Waals surface area contributed by atoms with E-state index in [1.807, 2.05) is 36.4 Å². The van der Waals surface area contributed by atoms with E-state index >= 15 is 8.78 Å². The monoisotopic (exact) mass is 567 g/mol. The lowest BCUT2D eigenvalue weighted by molar-refractivity contribution is -0.128. The van der Waals surface area contributed by atoms with Crippen molar-refractivity contribution in [3.05, 3.63) is 114 Å². The zero-order valence-corrected chi connectivity index (χ0v) is 22.2. The predicted molar refractivity (Wildman–Crippen MR) is 149 cm³/mol. The van der Waals surface area contributed by atoms with Gasteiger partial charge in [0.15, 0.2) is 17.5 Å². The molecule has 9 nitrogen and oxygen atoms in total. The van der Waals surface area contributed by atoms with E-state index in [9.17, 15) is 14.4 Å². The Labute approximate surface area is 239 Å². The van der Waals surface area contributed by atoms with Gasteiger partial charge in [0.05, 0.1) is 18.8 Å². The number of aromatic nitrogens is 2. The van der Waals surface area contributed by atoms with E-state index in [0.717, 1.165) is 17.7 Å². The number of anilines is 2. The van der Waals surface area contributed by atoms with Crippen LogP contribution in [0.1, 0.15) is 30.0 Å². The van der Waals surface area contributed by atoms with Crippen LogP contribution in [0.4, 0.5) is 25.1 Å². The van der Waals surface area contributed by atoms with Crippen LogP contribution < -0.4 is 20.3 Å². The molecule has 0 spiro atoms. The van der Waals surface area contributed by atoms with Crippen LogP contribution in [0.2, 0.25) is 0 Å². The number of hydrogen-bond donors (Lipinski definition) is 2. The van der Waals surface area contributed by atoms with Crippen molar-refractivity contribution in [2.75, 3.05) is 10.2 Å². The summed E-state index contributed by atoms with van der Waals surface area (Å²) in [7, 11) is 0. The van der Waals surface area contributed by atoms with Crippen LogP contribution in [-0.2, 0) is 16.2 Å². The molecule has 42 heavy (non-hydrogen) atoms. The Kier molecular flexibility index (Phi) is 7.88. The summed E-state index contributed by atoms with van der Waals surface area (Å²) in [6.45, 7) is 1.59. The molecule has 0 unspecified atom stereocenters. The first-order chi connectivity index (χ1) is 20.2.